The van der Waals surface area contributed by atoms with Crippen molar-refractivity contribution in [1.82, 2.24) is 19.7 Å². The summed E-state index contributed by atoms with van der Waals surface area (Å²) < 4.78 is 1.94. The van der Waals surface area contributed by atoms with E-state index in [9.17, 15) is 0 Å². The Balaban J connectivity index is 2.23. The molecule has 0 N–H and O–H groups in total. The lowest BCUT2D eigenvalue weighted by Crippen LogP contribution is -2.08. The van der Waals surface area contributed by atoms with Crippen LogP contribution in [0.25, 0.3) is 16.9 Å². The van der Waals surface area contributed by atoms with E-state index >= 15 is 0 Å². The molecule has 0 saturated heterocycles. The Bertz CT molecular complexity index is 758. The van der Waals surface area contributed by atoms with Crippen molar-refractivity contribution in [3.05, 3.63) is 47.4 Å². The van der Waals surface area contributed by atoms with Crippen molar-refractivity contribution in [1.29, 1.82) is 0 Å². The Kier molecular flexibility index (Phi) is 3.22. The standard InChI is InChI=1S/C16H18N4/c1-4-12-10-13(5-2)20(19-12)16-11(3)17-14-8-6-7-9-15(14)18-16/h6-10H,4-5H2,1-3H3. The zero-order valence-electron chi connectivity index (χ0n) is 12.1. The maximum atomic E-state index is 4.74. The molecule has 102 valence electrons. The van der Waals surface area contributed by atoms with Crippen LogP contribution in [0.5, 0.6) is 0 Å². The van der Waals surface area contributed by atoms with Gasteiger partial charge in [-0.15, -0.1) is 0 Å². The Labute approximate surface area is 118 Å². The normalized spacial score (nSPS) is 11.2. The molecule has 0 saturated carbocycles. The van der Waals surface area contributed by atoms with Crippen molar-refractivity contribution in [2.45, 2.75) is 33.6 Å². The summed E-state index contributed by atoms with van der Waals surface area (Å²) >= 11 is 0. The second-order valence-corrected chi connectivity index (χ2v) is 4.87. The predicted octanol–water partition coefficient (Wildman–Crippen LogP) is 3.25. The van der Waals surface area contributed by atoms with E-state index in [1.165, 1.54) is 5.69 Å². The molecule has 20 heavy (non-hydrogen) atoms. The van der Waals surface area contributed by atoms with Crippen LogP contribution in [0.2, 0.25) is 0 Å². The summed E-state index contributed by atoms with van der Waals surface area (Å²) in [6.45, 7) is 6.24. The smallest absolute Gasteiger partial charge is 0.175 e. The van der Waals surface area contributed by atoms with Crippen molar-refractivity contribution < 1.29 is 0 Å². The maximum absolute atomic E-state index is 4.74. The molecular weight excluding hydrogens is 248 g/mol. The topological polar surface area (TPSA) is 43.6 Å². The molecule has 0 unspecified atom stereocenters. The molecule has 0 atom stereocenters. The Hall–Kier alpha value is -2.23. The lowest BCUT2D eigenvalue weighted by molar-refractivity contribution is 0.764. The lowest BCUT2D eigenvalue weighted by atomic mass is 10.2. The van der Waals surface area contributed by atoms with Crippen LogP contribution < -0.4 is 0 Å². The SMILES string of the molecule is CCc1cc(CC)n(-c2nc3ccccc3nc2C)n1. The van der Waals surface area contributed by atoms with E-state index in [0.29, 0.717) is 0 Å². The van der Waals surface area contributed by atoms with Gasteiger partial charge >= 0.3 is 0 Å². The summed E-state index contributed by atoms with van der Waals surface area (Å²) in [5, 5.41) is 4.65. The molecule has 0 spiro atoms. The van der Waals surface area contributed by atoms with E-state index in [0.717, 1.165) is 41.1 Å². The minimum absolute atomic E-state index is 0.834. The first-order valence-corrected chi connectivity index (χ1v) is 7.04. The monoisotopic (exact) mass is 266 g/mol. The molecule has 0 bridgehead atoms. The molecule has 4 nitrogen and oxygen atoms in total. The second kappa shape index (κ2) is 5.04. The average Bonchev–Trinajstić information content (AvgIpc) is 2.89. The number of fused-ring (bicyclic) bond motifs is 1. The molecule has 4 heteroatoms. The fourth-order valence-corrected chi connectivity index (χ4v) is 2.36. The van der Waals surface area contributed by atoms with E-state index in [2.05, 4.69) is 30.0 Å². The summed E-state index contributed by atoms with van der Waals surface area (Å²) in [6, 6.07) is 10.1. The quantitative estimate of drug-likeness (QED) is 0.731. The molecule has 0 aliphatic rings. The molecular formula is C16H18N4. The number of nitrogens with zero attached hydrogens (tertiary/aromatic N) is 4. The van der Waals surface area contributed by atoms with Gasteiger partial charge in [-0.25, -0.2) is 14.6 Å². The van der Waals surface area contributed by atoms with Gasteiger partial charge in [0.1, 0.15) is 0 Å². The van der Waals surface area contributed by atoms with Crippen molar-refractivity contribution in [3.8, 4) is 5.82 Å². The van der Waals surface area contributed by atoms with Gasteiger partial charge in [-0.05, 0) is 38.0 Å². The lowest BCUT2D eigenvalue weighted by Gasteiger charge is -2.09. The Morgan fingerprint density at radius 1 is 1.00 bits per heavy atom. The molecule has 0 aliphatic carbocycles. The van der Waals surface area contributed by atoms with Crippen molar-refractivity contribution in [3.63, 3.8) is 0 Å². The van der Waals surface area contributed by atoms with E-state index in [-0.39, 0.29) is 0 Å². The first kappa shape index (κ1) is 12.8. The van der Waals surface area contributed by atoms with Crippen LogP contribution in [0.3, 0.4) is 0 Å². The highest BCUT2D eigenvalue weighted by Gasteiger charge is 2.12. The summed E-state index contributed by atoms with van der Waals surface area (Å²) in [5.41, 5.74) is 5.01. The van der Waals surface area contributed by atoms with Crippen molar-refractivity contribution >= 4 is 11.0 Å². The van der Waals surface area contributed by atoms with Crippen LogP contribution in [0.15, 0.2) is 30.3 Å². The molecule has 0 amide bonds. The van der Waals surface area contributed by atoms with Crippen molar-refractivity contribution in [2.24, 2.45) is 0 Å². The number of hydrogen-bond donors (Lipinski definition) is 0. The molecule has 0 radical (unpaired) electrons. The van der Waals surface area contributed by atoms with E-state index < -0.39 is 0 Å². The third-order valence-corrected chi connectivity index (χ3v) is 3.48. The molecule has 1 aromatic carbocycles. The van der Waals surface area contributed by atoms with E-state index in [4.69, 9.17) is 4.98 Å². The van der Waals surface area contributed by atoms with Gasteiger partial charge in [-0.2, -0.15) is 5.10 Å². The third kappa shape index (κ3) is 2.07. The number of rotatable bonds is 3. The van der Waals surface area contributed by atoms with Gasteiger partial charge in [0.15, 0.2) is 5.82 Å². The molecule has 0 fully saturated rings. The van der Waals surface area contributed by atoms with Crippen LogP contribution in [-0.2, 0) is 12.8 Å². The van der Waals surface area contributed by atoms with Gasteiger partial charge in [0.25, 0.3) is 0 Å². The summed E-state index contributed by atoms with van der Waals surface area (Å²) in [7, 11) is 0. The first-order valence-electron chi connectivity index (χ1n) is 7.04. The maximum Gasteiger partial charge on any atom is 0.175 e. The van der Waals surface area contributed by atoms with Crippen LogP contribution in [0, 0.1) is 6.92 Å². The highest BCUT2D eigenvalue weighted by molar-refractivity contribution is 5.75. The van der Waals surface area contributed by atoms with Gasteiger partial charge in [0, 0.05) is 5.69 Å². The molecule has 0 aliphatic heterocycles. The molecule has 3 aromatic rings. The summed E-state index contributed by atoms with van der Waals surface area (Å²) in [6.07, 6.45) is 1.86. The van der Waals surface area contributed by atoms with Crippen LogP contribution in [-0.4, -0.2) is 19.7 Å². The number of hydrogen-bond acceptors (Lipinski definition) is 3. The van der Waals surface area contributed by atoms with Gasteiger partial charge < -0.3 is 0 Å². The minimum Gasteiger partial charge on any atom is -0.248 e. The van der Waals surface area contributed by atoms with E-state index in [1.807, 2.05) is 35.9 Å². The molecule has 2 aromatic heterocycles. The first-order chi connectivity index (χ1) is 9.72. The number of para-hydroxylation sites is 2. The highest BCUT2D eigenvalue weighted by Crippen LogP contribution is 2.18. The van der Waals surface area contributed by atoms with Gasteiger partial charge in [-0.1, -0.05) is 26.0 Å². The molecule has 2 heterocycles. The summed E-state index contributed by atoms with van der Waals surface area (Å²) in [4.78, 5) is 9.38. The van der Waals surface area contributed by atoms with Crippen LogP contribution in [0.1, 0.15) is 30.9 Å². The van der Waals surface area contributed by atoms with Gasteiger partial charge in [0.05, 0.1) is 22.4 Å². The number of aryl methyl sites for hydroxylation is 3. The fraction of sp³-hybridized carbons (Fsp3) is 0.312. The Morgan fingerprint density at radius 2 is 1.70 bits per heavy atom. The average molecular weight is 266 g/mol. The molecule has 3 rings (SSSR count). The second-order valence-electron chi connectivity index (χ2n) is 4.87. The van der Waals surface area contributed by atoms with Crippen molar-refractivity contribution in [2.75, 3.05) is 0 Å². The number of aromatic nitrogens is 4. The van der Waals surface area contributed by atoms with E-state index in [1.54, 1.807) is 0 Å². The third-order valence-electron chi connectivity index (χ3n) is 3.48. The zero-order valence-corrected chi connectivity index (χ0v) is 12.1. The van der Waals surface area contributed by atoms with Gasteiger partial charge in [0.2, 0.25) is 0 Å². The largest absolute Gasteiger partial charge is 0.248 e. The fourth-order valence-electron chi connectivity index (χ4n) is 2.36. The Morgan fingerprint density at radius 3 is 2.35 bits per heavy atom. The van der Waals surface area contributed by atoms with Crippen LogP contribution in [0.4, 0.5) is 0 Å². The minimum atomic E-state index is 0.834. The van der Waals surface area contributed by atoms with Gasteiger partial charge in [-0.3, -0.25) is 0 Å². The highest BCUT2D eigenvalue weighted by atomic mass is 15.3. The van der Waals surface area contributed by atoms with Crippen LogP contribution >= 0.6 is 0 Å². The summed E-state index contributed by atoms with van der Waals surface area (Å²) in [5.74, 6) is 0.834. The zero-order chi connectivity index (χ0) is 14.1. The predicted molar refractivity (Wildman–Crippen MR) is 80.2 cm³/mol. The number of benzene rings is 1.